The minimum Gasteiger partial charge on any atom is -0.493 e. The van der Waals surface area contributed by atoms with E-state index in [2.05, 4.69) is 27.1 Å². The van der Waals surface area contributed by atoms with Crippen LogP contribution in [0, 0.1) is 17.7 Å². The van der Waals surface area contributed by atoms with Crippen LogP contribution in [0.25, 0.3) is 0 Å². The van der Waals surface area contributed by atoms with Crippen LogP contribution in [0.3, 0.4) is 0 Å². The molecule has 3 N–H and O–H groups in total. The highest BCUT2D eigenvalue weighted by Gasteiger charge is 2.23. The first-order valence-corrected chi connectivity index (χ1v) is 12.8. The van der Waals surface area contributed by atoms with Crippen molar-refractivity contribution >= 4 is 17.8 Å². The zero-order valence-corrected chi connectivity index (χ0v) is 21.5. The van der Waals surface area contributed by atoms with E-state index in [-0.39, 0.29) is 11.5 Å². The van der Waals surface area contributed by atoms with Crippen molar-refractivity contribution in [3.8, 4) is 5.75 Å². The van der Waals surface area contributed by atoms with Crippen LogP contribution in [-0.2, 0) is 11.2 Å². The number of rotatable bonds is 12. The number of nitrogens with zero attached hydrogens (tertiary/aromatic N) is 3. The van der Waals surface area contributed by atoms with Gasteiger partial charge in [0.1, 0.15) is 17.6 Å². The molecule has 3 rings (SSSR count). The Morgan fingerprint density at radius 3 is 2.50 bits per heavy atom. The number of piperidine rings is 1. The molecule has 0 aliphatic carbocycles. The Kier molecular flexibility index (Phi) is 10.0. The van der Waals surface area contributed by atoms with Crippen LogP contribution < -0.4 is 20.7 Å². The number of carbonyl (C=O) groups is 2. The molecule has 1 atom stereocenters. The van der Waals surface area contributed by atoms with Gasteiger partial charge in [-0.15, -0.1) is 0 Å². The Morgan fingerprint density at radius 2 is 1.92 bits per heavy atom. The van der Waals surface area contributed by atoms with Gasteiger partial charge in [0.05, 0.1) is 12.2 Å². The Balaban J connectivity index is 1.40. The second-order valence-corrected chi connectivity index (χ2v) is 9.87. The summed E-state index contributed by atoms with van der Waals surface area (Å²) in [7, 11) is 0. The molecule has 9 heteroatoms. The molecule has 1 aliphatic rings. The zero-order valence-electron chi connectivity index (χ0n) is 21.5. The van der Waals surface area contributed by atoms with Crippen LogP contribution in [0.4, 0.5) is 10.3 Å². The van der Waals surface area contributed by atoms with Crippen molar-refractivity contribution in [3.63, 3.8) is 0 Å². The van der Waals surface area contributed by atoms with Crippen LogP contribution in [-0.4, -0.2) is 47.5 Å². The van der Waals surface area contributed by atoms with Gasteiger partial charge in [-0.05, 0) is 68.1 Å². The van der Waals surface area contributed by atoms with Gasteiger partial charge in [-0.25, -0.2) is 14.4 Å². The van der Waals surface area contributed by atoms with Crippen LogP contribution in [0.2, 0.25) is 0 Å². The topological polar surface area (TPSA) is 110 Å². The lowest BCUT2D eigenvalue weighted by Gasteiger charge is -2.32. The molecule has 2 amide bonds. The summed E-state index contributed by atoms with van der Waals surface area (Å²) < 4.78 is 20.3. The Labute approximate surface area is 212 Å². The summed E-state index contributed by atoms with van der Waals surface area (Å²) in [4.78, 5) is 35.2. The van der Waals surface area contributed by atoms with E-state index >= 15 is 0 Å². The summed E-state index contributed by atoms with van der Waals surface area (Å²) in [6.07, 6.45) is 9.20. The first-order chi connectivity index (χ1) is 17.3. The molecule has 1 fully saturated rings. The molecule has 0 saturated carbocycles. The SMILES string of the molecule is CCc1cnc(N2CCC(CCCOc3ccc(C(=O)N[C@H](CC(C)C)C(N)=O)c(F)c3)CC2)nc1. The van der Waals surface area contributed by atoms with Crippen molar-refractivity contribution in [1.82, 2.24) is 15.3 Å². The summed E-state index contributed by atoms with van der Waals surface area (Å²) in [6.45, 7) is 8.29. The molecule has 8 nitrogen and oxygen atoms in total. The summed E-state index contributed by atoms with van der Waals surface area (Å²) >= 11 is 0. The van der Waals surface area contributed by atoms with Crippen molar-refractivity contribution in [3.05, 3.63) is 47.5 Å². The van der Waals surface area contributed by atoms with Crippen LogP contribution in [0.1, 0.15) is 68.8 Å². The number of benzene rings is 1. The number of aryl methyl sites for hydroxylation is 1. The maximum absolute atomic E-state index is 14.6. The van der Waals surface area contributed by atoms with Gasteiger partial charge >= 0.3 is 0 Å². The number of amides is 2. The van der Waals surface area contributed by atoms with Crippen LogP contribution in [0.5, 0.6) is 5.75 Å². The second-order valence-electron chi connectivity index (χ2n) is 9.87. The molecular formula is C27H38FN5O3. The van der Waals surface area contributed by atoms with Crippen molar-refractivity contribution in [2.24, 2.45) is 17.6 Å². The van der Waals surface area contributed by atoms with E-state index in [4.69, 9.17) is 10.5 Å². The number of carbonyl (C=O) groups excluding carboxylic acids is 2. The van der Waals surface area contributed by atoms with E-state index in [0.29, 0.717) is 24.7 Å². The fraction of sp³-hybridized carbons (Fsp3) is 0.556. The number of halogens is 1. The molecule has 1 aromatic heterocycles. The number of aromatic nitrogens is 2. The standard InChI is InChI=1S/C27H38FN5O3/c1-4-19-16-30-27(31-17-19)33-11-9-20(10-12-33)6-5-13-36-21-7-8-22(23(28)15-21)26(35)32-24(25(29)34)14-18(2)3/h7-8,15-18,20,24H,4-6,9-14H2,1-3H3,(H2,29,34)(H,32,35)/t24-/m1/s1. The number of anilines is 1. The predicted molar refractivity (Wildman–Crippen MR) is 137 cm³/mol. The van der Waals surface area contributed by atoms with Crippen molar-refractivity contribution in [2.45, 2.75) is 65.3 Å². The van der Waals surface area contributed by atoms with E-state index < -0.39 is 23.7 Å². The van der Waals surface area contributed by atoms with Crippen LogP contribution >= 0.6 is 0 Å². The molecule has 1 aliphatic heterocycles. The van der Waals surface area contributed by atoms with Crippen molar-refractivity contribution in [1.29, 1.82) is 0 Å². The lowest BCUT2D eigenvalue weighted by Crippen LogP contribution is -2.45. The minimum absolute atomic E-state index is 0.141. The number of primary amides is 1. The number of nitrogens with one attached hydrogen (secondary N) is 1. The quantitative estimate of drug-likeness (QED) is 0.429. The summed E-state index contributed by atoms with van der Waals surface area (Å²) in [5.74, 6) is -0.0455. The fourth-order valence-corrected chi connectivity index (χ4v) is 4.40. The van der Waals surface area contributed by atoms with Gasteiger partial charge in [-0.1, -0.05) is 20.8 Å². The van der Waals surface area contributed by atoms with Gasteiger partial charge in [0.2, 0.25) is 11.9 Å². The number of hydrogen-bond donors (Lipinski definition) is 2. The molecule has 0 radical (unpaired) electrons. The van der Waals surface area contributed by atoms with Crippen molar-refractivity contribution in [2.75, 3.05) is 24.6 Å². The molecular weight excluding hydrogens is 461 g/mol. The lowest BCUT2D eigenvalue weighted by molar-refractivity contribution is -0.120. The Morgan fingerprint density at radius 1 is 1.22 bits per heavy atom. The third kappa shape index (κ3) is 7.90. The van der Waals surface area contributed by atoms with E-state index in [1.165, 1.54) is 12.1 Å². The normalized spacial score (nSPS) is 15.1. The molecule has 1 aromatic carbocycles. The molecule has 2 heterocycles. The molecule has 1 saturated heterocycles. The molecule has 0 unspecified atom stereocenters. The third-order valence-corrected chi connectivity index (χ3v) is 6.56. The summed E-state index contributed by atoms with van der Waals surface area (Å²) in [6, 6.07) is 3.31. The van der Waals surface area contributed by atoms with E-state index in [1.807, 2.05) is 26.2 Å². The average molecular weight is 500 g/mol. The van der Waals surface area contributed by atoms with Gasteiger partial charge in [0, 0.05) is 31.5 Å². The number of ether oxygens (including phenoxy) is 1. The van der Waals surface area contributed by atoms with Crippen molar-refractivity contribution < 1.29 is 18.7 Å². The highest BCUT2D eigenvalue weighted by Crippen LogP contribution is 2.25. The molecule has 0 spiro atoms. The third-order valence-electron chi connectivity index (χ3n) is 6.56. The van der Waals surface area contributed by atoms with Crippen LogP contribution in [0.15, 0.2) is 30.6 Å². The molecule has 196 valence electrons. The van der Waals surface area contributed by atoms with E-state index in [0.717, 1.165) is 56.7 Å². The van der Waals surface area contributed by atoms with Gasteiger partial charge in [0.15, 0.2) is 0 Å². The molecule has 2 aromatic rings. The zero-order chi connectivity index (χ0) is 26.1. The van der Waals surface area contributed by atoms with Gasteiger partial charge in [-0.3, -0.25) is 9.59 Å². The molecule has 36 heavy (non-hydrogen) atoms. The Hall–Kier alpha value is -3.23. The number of hydrogen-bond acceptors (Lipinski definition) is 6. The largest absolute Gasteiger partial charge is 0.493 e. The highest BCUT2D eigenvalue weighted by atomic mass is 19.1. The number of nitrogens with two attached hydrogens (primary N) is 1. The smallest absolute Gasteiger partial charge is 0.254 e. The monoisotopic (exact) mass is 499 g/mol. The first-order valence-electron chi connectivity index (χ1n) is 12.8. The summed E-state index contributed by atoms with van der Waals surface area (Å²) in [5.41, 5.74) is 6.37. The predicted octanol–water partition coefficient (Wildman–Crippen LogP) is 3.88. The van der Waals surface area contributed by atoms with E-state index in [9.17, 15) is 14.0 Å². The highest BCUT2D eigenvalue weighted by molar-refractivity contribution is 5.97. The second kappa shape index (κ2) is 13.2. The van der Waals surface area contributed by atoms with Gasteiger partial charge < -0.3 is 20.7 Å². The maximum atomic E-state index is 14.6. The molecule has 0 bridgehead atoms. The summed E-state index contributed by atoms with van der Waals surface area (Å²) in [5, 5.41) is 2.53. The minimum atomic E-state index is -0.839. The average Bonchev–Trinajstić information content (AvgIpc) is 2.86. The van der Waals surface area contributed by atoms with E-state index in [1.54, 1.807) is 6.07 Å². The Bertz CT molecular complexity index is 1010. The van der Waals surface area contributed by atoms with Gasteiger partial charge in [0.25, 0.3) is 5.91 Å². The van der Waals surface area contributed by atoms with Gasteiger partial charge in [-0.2, -0.15) is 0 Å². The lowest BCUT2D eigenvalue weighted by atomic mass is 9.92. The fourth-order valence-electron chi connectivity index (χ4n) is 4.40. The first kappa shape index (κ1) is 27.4. The maximum Gasteiger partial charge on any atom is 0.254 e.